The lowest BCUT2D eigenvalue weighted by molar-refractivity contribution is 0.00695. The minimum Gasteiger partial charge on any atom is -0.390 e. The van der Waals surface area contributed by atoms with E-state index in [1.165, 1.54) is 5.56 Å². The highest BCUT2D eigenvalue weighted by molar-refractivity contribution is 6.29. The van der Waals surface area contributed by atoms with Crippen LogP contribution in [0, 0.1) is 5.92 Å². The van der Waals surface area contributed by atoms with Crippen molar-refractivity contribution in [1.82, 2.24) is 34.9 Å². The number of nitrogens with zero attached hydrogens (tertiary/aromatic N) is 5. The van der Waals surface area contributed by atoms with E-state index in [-0.39, 0.29) is 17.0 Å². The fourth-order valence-electron chi connectivity index (χ4n) is 6.16. The summed E-state index contributed by atoms with van der Waals surface area (Å²) >= 11 is 6.24. The number of hydrogen-bond donors (Lipinski definition) is 5. The smallest absolute Gasteiger partial charge is 0.226 e. The lowest BCUT2D eigenvalue weighted by atomic mass is 10.1. The molecule has 0 radical (unpaired) electrons. The van der Waals surface area contributed by atoms with Gasteiger partial charge in [0.2, 0.25) is 5.28 Å². The van der Waals surface area contributed by atoms with Crippen molar-refractivity contribution in [3.63, 3.8) is 0 Å². The van der Waals surface area contributed by atoms with Crippen molar-refractivity contribution < 1.29 is 10.2 Å². The maximum absolute atomic E-state index is 11.2. The van der Waals surface area contributed by atoms with Gasteiger partial charge in [0.05, 0.1) is 29.8 Å². The van der Waals surface area contributed by atoms with Gasteiger partial charge in [0, 0.05) is 30.4 Å². The Balaban J connectivity index is 1.10. The predicted octanol–water partition coefficient (Wildman–Crippen LogP) is 3.67. The number of aliphatic hydroxyl groups excluding tert-OH is 2. The Morgan fingerprint density at radius 2 is 1.61 bits per heavy atom. The summed E-state index contributed by atoms with van der Waals surface area (Å²) in [7, 11) is 0. The number of nitrogens with two attached hydrogens (primary N) is 1. The maximum atomic E-state index is 11.2. The molecule has 1 saturated carbocycles. The lowest BCUT2D eigenvalue weighted by Crippen LogP contribution is -2.34. The van der Waals surface area contributed by atoms with Gasteiger partial charge in [-0.2, -0.15) is 10.1 Å². The minimum absolute atomic E-state index is 0.0270. The molecule has 0 unspecified atom stereocenters. The third-order valence-electron chi connectivity index (χ3n) is 8.45. The van der Waals surface area contributed by atoms with Crippen molar-refractivity contribution in [2.45, 2.75) is 44.1 Å². The molecule has 4 atom stereocenters. The quantitative estimate of drug-likeness (QED) is 0.100. The summed E-state index contributed by atoms with van der Waals surface area (Å²) in [5.41, 5.74) is 10.8. The van der Waals surface area contributed by atoms with E-state index >= 15 is 0 Å². The Bertz CT molecular complexity index is 1660. The summed E-state index contributed by atoms with van der Waals surface area (Å²) < 4.78 is 3.75. The van der Waals surface area contributed by atoms with Crippen molar-refractivity contribution >= 4 is 28.5 Å². The third-order valence-corrected chi connectivity index (χ3v) is 8.62. The van der Waals surface area contributed by atoms with Gasteiger partial charge < -0.3 is 31.1 Å². The number of rotatable bonds is 13. The Morgan fingerprint density at radius 1 is 0.886 bits per heavy atom. The van der Waals surface area contributed by atoms with E-state index in [1.807, 2.05) is 52.0 Å². The Labute approximate surface area is 261 Å². The van der Waals surface area contributed by atoms with Crippen LogP contribution in [0.2, 0.25) is 5.28 Å². The first-order valence-electron chi connectivity index (χ1n) is 15.2. The molecule has 0 spiro atoms. The molecule has 1 aliphatic carbocycles. The molecule has 10 nitrogen and oxygen atoms in total. The number of nitrogen functional groups attached to an aromatic ring is 1. The molecule has 0 bridgehead atoms. The highest BCUT2D eigenvalue weighted by atomic mass is 35.5. The number of hydrogen-bond acceptors (Lipinski definition) is 8. The second-order valence-corrected chi connectivity index (χ2v) is 11.8. The van der Waals surface area contributed by atoms with Gasteiger partial charge in [0.1, 0.15) is 17.6 Å². The van der Waals surface area contributed by atoms with Crippen molar-refractivity contribution in [1.29, 1.82) is 0 Å². The zero-order valence-electron chi connectivity index (χ0n) is 24.6. The Hall–Kier alpha value is -3.80. The Morgan fingerprint density at radius 3 is 2.39 bits per heavy atom. The fourth-order valence-corrected chi connectivity index (χ4v) is 6.34. The molecular formula is C33H39ClN8O2. The molecule has 3 aromatic heterocycles. The third kappa shape index (κ3) is 6.80. The normalized spacial score (nSPS) is 20.1. The first kappa shape index (κ1) is 30.2. The summed E-state index contributed by atoms with van der Waals surface area (Å²) in [5.74, 6) is 0.122. The van der Waals surface area contributed by atoms with Gasteiger partial charge in [0.15, 0.2) is 0 Å². The summed E-state index contributed by atoms with van der Waals surface area (Å²) in [6.07, 6.45) is 4.52. The largest absolute Gasteiger partial charge is 0.390 e. The second kappa shape index (κ2) is 13.9. The van der Waals surface area contributed by atoms with Crippen LogP contribution in [0.4, 0.5) is 5.82 Å². The van der Waals surface area contributed by atoms with Crippen LogP contribution in [-0.4, -0.2) is 72.9 Å². The van der Waals surface area contributed by atoms with Gasteiger partial charge >= 0.3 is 0 Å². The fraction of sp³-hybridized carbons (Fsp3) is 0.364. The van der Waals surface area contributed by atoms with E-state index in [1.54, 1.807) is 0 Å². The van der Waals surface area contributed by atoms with Gasteiger partial charge in [-0.3, -0.25) is 4.68 Å². The molecule has 0 saturated heterocycles. The van der Waals surface area contributed by atoms with Crippen molar-refractivity contribution in [2.24, 2.45) is 5.92 Å². The molecule has 0 aliphatic heterocycles. The minimum atomic E-state index is -0.976. The number of nitrogens with one attached hydrogen (secondary N) is 2. The van der Waals surface area contributed by atoms with E-state index in [0.29, 0.717) is 36.2 Å². The van der Waals surface area contributed by atoms with Gasteiger partial charge in [-0.05, 0) is 67.7 Å². The molecule has 44 heavy (non-hydrogen) atoms. The SMILES string of the molecule is Nc1nc(Cl)nc2c1c(-c1ccn(Cc3ccccc3)n1)cn2[C@@H]1C[C@H](CNCCCNCCc2ccccc2)[C@@H](O)[C@H]1O. The zero-order chi connectivity index (χ0) is 30.5. The first-order chi connectivity index (χ1) is 21.5. The van der Waals surface area contributed by atoms with Crippen LogP contribution in [0.1, 0.15) is 30.0 Å². The summed E-state index contributed by atoms with van der Waals surface area (Å²) in [5, 5.41) is 34.6. The van der Waals surface area contributed by atoms with E-state index in [2.05, 4.69) is 57.0 Å². The summed E-state index contributed by atoms with van der Waals surface area (Å²) in [4.78, 5) is 8.70. The number of aromatic nitrogens is 5. The molecule has 11 heteroatoms. The monoisotopic (exact) mass is 614 g/mol. The second-order valence-electron chi connectivity index (χ2n) is 11.5. The summed E-state index contributed by atoms with van der Waals surface area (Å²) in [6, 6.07) is 22.1. The lowest BCUT2D eigenvalue weighted by Gasteiger charge is -2.19. The standard InChI is InChI=1S/C33H39ClN8O2/c34-33-38-31(35)28-25(26-13-17-41(40-26)20-23-10-5-2-6-11-23)21-42(32(28)39-33)27-18-24(29(43)30(27)44)19-37-15-7-14-36-16-12-22-8-3-1-4-9-22/h1-6,8-11,13,17,21,24,27,29-30,36-37,43-44H,7,12,14-16,18-20H2,(H2,35,38,39)/t24-,27-,29-,30+/m1/s1. The summed E-state index contributed by atoms with van der Waals surface area (Å²) in [6.45, 7) is 3.91. The Kier molecular flexibility index (Phi) is 9.54. The topological polar surface area (TPSA) is 139 Å². The van der Waals surface area contributed by atoms with Crippen LogP contribution in [0.5, 0.6) is 0 Å². The van der Waals surface area contributed by atoms with Gasteiger partial charge in [-0.15, -0.1) is 0 Å². The average molecular weight is 615 g/mol. The number of fused-ring (bicyclic) bond motifs is 1. The van der Waals surface area contributed by atoms with Gasteiger partial charge in [-0.25, -0.2) is 4.98 Å². The molecule has 3 heterocycles. The number of benzene rings is 2. The average Bonchev–Trinajstić information content (AvgIpc) is 3.72. The van der Waals surface area contributed by atoms with Crippen molar-refractivity contribution in [3.8, 4) is 11.3 Å². The van der Waals surface area contributed by atoms with E-state index < -0.39 is 18.2 Å². The molecule has 1 fully saturated rings. The number of anilines is 1. The van der Waals surface area contributed by atoms with Gasteiger partial charge in [-0.1, -0.05) is 60.7 Å². The van der Waals surface area contributed by atoms with E-state index in [9.17, 15) is 10.2 Å². The molecule has 1 aliphatic rings. The highest BCUT2D eigenvalue weighted by Gasteiger charge is 2.43. The zero-order valence-corrected chi connectivity index (χ0v) is 25.3. The van der Waals surface area contributed by atoms with Crippen LogP contribution in [0.25, 0.3) is 22.3 Å². The van der Waals surface area contributed by atoms with Crippen LogP contribution in [0.15, 0.2) is 79.1 Å². The molecule has 230 valence electrons. The number of halogens is 1. The first-order valence-corrected chi connectivity index (χ1v) is 15.6. The molecule has 6 N–H and O–H groups in total. The van der Waals surface area contributed by atoms with Crippen LogP contribution >= 0.6 is 11.6 Å². The van der Waals surface area contributed by atoms with Crippen LogP contribution < -0.4 is 16.4 Å². The van der Waals surface area contributed by atoms with Crippen LogP contribution in [-0.2, 0) is 13.0 Å². The predicted molar refractivity (Wildman–Crippen MR) is 173 cm³/mol. The molecule has 0 amide bonds. The molecule has 5 aromatic rings. The molecule has 2 aromatic carbocycles. The van der Waals surface area contributed by atoms with Crippen molar-refractivity contribution in [3.05, 3.63) is 95.5 Å². The molecular weight excluding hydrogens is 576 g/mol. The van der Waals surface area contributed by atoms with E-state index in [0.717, 1.165) is 43.6 Å². The van der Waals surface area contributed by atoms with Crippen molar-refractivity contribution in [2.75, 3.05) is 31.9 Å². The van der Waals surface area contributed by atoms with E-state index in [4.69, 9.17) is 22.4 Å². The van der Waals surface area contributed by atoms with Crippen LogP contribution in [0.3, 0.4) is 0 Å². The van der Waals surface area contributed by atoms with Gasteiger partial charge in [0.25, 0.3) is 0 Å². The maximum Gasteiger partial charge on any atom is 0.226 e. The highest BCUT2D eigenvalue weighted by Crippen LogP contribution is 2.41. The molecule has 6 rings (SSSR count). The number of aliphatic hydroxyl groups is 2.